The summed E-state index contributed by atoms with van der Waals surface area (Å²) in [6.07, 6.45) is 2.10. The van der Waals surface area contributed by atoms with Crippen LogP contribution in [0.1, 0.15) is 12.8 Å². The minimum atomic E-state index is 0.502. The van der Waals surface area contributed by atoms with Gasteiger partial charge in [-0.05, 0) is 12.8 Å². The largest absolute Gasteiger partial charge is 0.381 e. The first-order chi connectivity index (χ1) is 5.75. The maximum Gasteiger partial charge on any atom is 0.190 e. The third-order valence-electron chi connectivity index (χ3n) is 2.33. The van der Waals surface area contributed by atoms with Crippen molar-refractivity contribution in [3.05, 3.63) is 0 Å². The Balaban J connectivity index is 2.44. The minimum absolute atomic E-state index is 0.502. The molecule has 1 aliphatic heterocycles. The van der Waals surface area contributed by atoms with Crippen LogP contribution in [0.15, 0.2) is 4.99 Å². The van der Waals surface area contributed by atoms with Gasteiger partial charge in [-0.3, -0.25) is 4.99 Å². The summed E-state index contributed by atoms with van der Waals surface area (Å²) in [4.78, 5) is 5.97. The normalized spacial score (nSPS) is 21.0. The standard InChI is InChI=1S/C8H17N3O/c1-10-8(9)11(2)7-3-5-12-6-4-7/h7H,3-6H2,1-2H3,(H2,9,10). The number of guanidine groups is 1. The molecule has 70 valence electrons. The number of hydrogen-bond acceptors (Lipinski definition) is 2. The number of nitrogens with two attached hydrogens (primary N) is 1. The first-order valence-corrected chi connectivity index (χ1v) is 4.28. The van der Waals surface area contributed by atoms with E-state index in [1.165, 1.54) is 0 Å². The van der Waals surface area contributed by atoms with Gasteiger partial charge in [0.05, 0.1) is 0 Å². The summed E-state index contributed by atoms with van der Waals surface area (Å²) >= 11 is 0. The highest BCUT2D eigenvalue weighted by atomic mass is 16.5. The summed E-state index contributed by atoms with van der Waals surface area (Å²) in [5.41, 5.74) is 5.68. The molecule has 0 bridgehead atoms. The molecule has 0 radical (unpaired) electrons. The van der Waals surface area contributed by atoms with E-state index in [0.29, 0.717) is 12.0 Å². The van der Waals surface area contributed by atoms with Gasteiger partial charge in [-0.15, -0.1) is 0 Å². The predicted octanol–water partition coefficient (Wildman–Crippen LogP) is 0.0417. The van der Waals surface area contributed by atoms with Crippen molar-refractivity contribution < 1.29 is 4.74 Å². The Morgan fingerprint density at radius 3 is 2.58 bits per heavy atom. The number of rotatable bonds is 1. The molecular weight excluding hydrogens is 154 g/mol. The molecule has 2 N–H and O–H groups in total. The van der Waals surface area contributed by atoms with Crippen LogP contribution in [-0.2, 0) is 4.74 Å². The molecule has 1 heterocycles. The Morgan fingerprint density at radius 1 is 1.50 bits per heavy atom. The smallest absolute Gasteiger partial charge is 0.190 e. The zero-order valence-electron chi connectivity index (χ0n) is 7.79. The minimum Gasteiger partial charge on any atom is -0.381 e. The molecule has 12 heavy (non-hydrogen) atoms. The van der Waals surface area contributed by atoms with Crippen molar-refractivity contribution in [1.29, 1.82) is 0 Å². The number of hydrogen-bond donors (Lipinski definition) is 1. The predicted molar refractivity (Wildman–Crippen MR) is 49.2 cm³/mol. The average molecular weight is 171 g/mol. The van der Waals surface area contributed by atoms with E-state index in [2.05, 4.69) is 4.99 Å². The van der Waals surface area contributed by atoms with Gasteiger partial charge in [-0.1, -0.05) is 0 Å². The van der Waals surface area contributed by atoms with Crippen LogP contribution < -0.4 is 5.73 Å². The van der Waals surface area contributed by atoms with E-state index >= 15 is 0 Å². The lowest BCUT2D eigenvalue weighted by molar-refractivity contribution is 0.0602. The highest BCUT2D eigenvalue weighted by Crippen LogP contribution is 2.11. The number of nitrogens with zero attached hydrogens (tertiary/aromatic N) is 2. The molecule has 1 saturated heterocycles. The zero-order chi connectivity index (χ0) is 8.97. The van der Waals surface area contributed by atoms with Gasteiger partial charge in [0, 0.05) is 33.4 Å². The molecule has 0 aromatic carbocycles. The summed E-state index contributed by atoms with van der Waals surface area (Å²) in [6, 6.07) is 0.502. The summed E-state index contributed by atoms with van der Waals surface area (Å²) in [6.45, 7) is 1.68. The molecule has 0 aromatic heterocycles. The van der Waals surface area contributed by atoms with Gasteiger partial charge in [0.2, 0.25) is 0 Å². The van der Waals surface area contributed by atoms with E-state index in [4.69, 9.17) is 10.5 Å². The molecule has 0 aromatic rings. The van der Waals surface area contributed by atoms with Gasteiger partial charge in [0.25, 0.3) is 0 Å². The topological polar surface area (TPSA) is 50.8 Å². The van der Waals surface area contributed by atoms with Crippen molar-refractivity contribution in [3.63, 3.8) is 0 Å². The molecule has 4 heteroatoms. The average Bonchev–Trinajstić information content (AvgIpc) is 2.17. The fourth-order valence-electron chi connectivity index (χ4n) is 1.42. The number of aliphatic imine (C=N–C) groups is 1. The Morgan fingerprint density at radius 2 is 2.08 bits per heavy atom. The third-order valence-corrected chi connectivity index (χ3v) is 2.33. The molecule has 1 fully saturated rings. The van der Waals surface area contributed by atoms with Crippen molar-refractivity contribution in [2.75, 3.05) is 27.3 Å². The molecule has 0 amide bonds. The van der Waals surface area contributed by atoms with Crippen LogP contribution >= 0.6 is 0 Å². The van der Waals surface area contributed by atoms with E-state index in [0.717, 1.165) is 26.1 Å². The Bertz CT molecular complexity index is 164. The second-order valence-corrected chi connectivity index (χ2v) is 3.04. The molecule has 1 rings (SSSR count). The molecule has 0 spiro atoms. The second kappa shape index (κ2) is 4.30. The fourth-order valence-corrected chi connectivity index (χ4v) is 1.42. The van der Waals surface area contributed by atoms with Gasteiger partial charge >= 0.3 is 0 Å². The van der Waals surface area contributed by atoms with E-state index in [1.807, 2.05) is 11.9 Å². The van der Waals surface area contributed by atoms with E-state index < -0.39 is 0 Å². The molecule has 4 nitrogen and oxygen atoms in total. The summed E-state index contributed by atoms with van der Waals surface area (Å²) < 4.78 is 5.26. The molecular formula is C8H17N3O. The third kappa shape index (κ3) is 2.11. The van der Waals surface area contributed by atoms with E-state index in [1.54, 1.807) is 7.05 Å². The second-order valence-electron chi connectivity index (χ2n) is 3.04. The lowest BCUT2D eigenvalue weighted by Crippen LogP contribution is -2.44. The highest BCUT2D eigenvalue weighted by molar-refractivity contribution is 5.77. The van der Waals surface area contributed by atoms with Gasteiger partial charge in [-0.2, -0.15) is 0 Å². The van der Waals surface area contributed by atoms with Gasteiger partial charge in [0.15, 0.2) is 5.96 Å². The van der Waals surface area contributed by atoms with Crippen LogP contribution in [0.3, 0.4) is 0 Å². The Kier molecular flexibility index (Phi) is 3.34. The quantitative estimate of drug-likeness (QED) is 0.448. The van der Waals surface area contributed by atoms with E-state index in [9.17, 15) is 0 Å². The monoisotopic (exact) mass is 171 g/mol. The lowest BCUT2D eigenvalue weighted by atomic mass is 10.1. The molecule has 0 unspecified atom stereocenters. The molecule has 1 aliphatic rings. The van der Waals surface area contributed by atoms with E-state index in [-0.39, 0.29) is 0 Å². The zero-order valence-corrected chi connectivity index (χ0v) is 7.79. The molecule has 0 atom stereocenters. The summed E-state index contributed by atoms with van der Waals surface area (Å²) in [7, 11) is 3.70. The van der Waals surface area contributed by atoms with Crippen LogP contribution in [0.4, 0.5) is 0 Å². The van der Waals surface area contributed by atoms with Gasteiger partial charge in [0.1, 0.15) is 0 Å². The Hall–Kier alpha value is -0.770. The Labute approximate surface area is 73.4 Å². The first kappa shape index (κ1) is 9.32. The maximum atomic E-state index is 5.68. The SMILES string of the molecule is CN=C(N)N(C)C1CCOCC1. The van der Waals surface area contributed by atoms with Crippen LogP contribution in [0.2, 0.25) is 0 Å². The summed E-state index contributed by atoms with van der Waals surface area (Å²) in [5, 5.41) is 0. The molecule has 0 saturated carbocycles. The maximum absolute atomic E-state index is 5.68. The van der Waals surface area contributed by atoms with Crippen molar-refractivity contribution in [3.8, 4) is 0 Å². The van der Waals surface area contributed by atoms with Crippen molar-refractivity contribution in [2.45, 2.75) is 18.9 Å². The van der Waals surface area contributed by atoms with Crippen molar-refractivity contribution in [2.24, 2.45) is 10.7 Å². The fraction of sp³-hybridized carbons (Fsp3) is 0.875. The number of ether oxygens (including phenoxy) is 1. The molecule has 0 aliphatic carbocycles. The van der Waals surface area contributed by atoms with Gasteiger partial charge in [-0.25, -0.2) is 0 Å². The van der Waals surface area contributed by atoms with Gasteiger partial charge < -0.3 is 15.4 Å². The lowest BCUT2D eigenvalue weighted by Gasteiger charge is -2.31. The summed E-state index contributed by atoms with van der Waals surface area (Å²) in [5.74, 6) is 0.613. The first-order valence-electron chi connectivity index (χ1n) is 4.28. The van der Waals surface area contributed by atoms with Crippen LogP contribution in [0.25, 0.3) is 0 Å². The van der Waals surface area contributed by atoms with Crippen molar-refractivity contribution >= 4 is 5.96 Å². The van der Waals surface area contributed by atoms with Crippen molar-refractivity contribution in [1.82, 2.24) is 4.90 Å². The van der Waals surface area contributed by atoms with Crippen LogP contribution in [-0.4, -0.2) is 44.2 Å². The van der Waals surface area contributed by atoms with Crippen LogP contribution in [0, 0.1) is 0 Å². The van der Waals surface area contributed by atoms with Crippen LogP contribution in [0.5, 0.6) is 0 Å². The highest BCUT2D eigenvalue weighted by Gasteiger charge is 2.19.